The average molecular weight is 552 g/mol. The van der Waals surface area contributed by atoms with Gasteiger partial charge in [-0.1, -0.05) is 54.4 Å². The highest BCUT2D eigenvalue weighted by Gasteiger charge is 2.32. The van der Waals surface area contributed by atoms with E-state index in [2.05, 4.69) is 5.32 Å². The number of methoxy groups -OCH3 is 1. The number of carbonyl (C=O) groups is 2. The van der Waals surface area contributed by atoms with Gasteiger partial charge in [0.15, 0.2) is 0 Å². The number of anilines is 1. The van der Waals surface area contributed by atoms with Crippen molar-refractivity contribution in [2.45, 2.75) is 51.6 Å². The smallest absolute Gasteiger partial charge is 0.264 e. The van der Waals surface area contributed by atoms with Crippen LogP contribution in [0.1, 0.15) is 37.0 Å². The predicted octanol–water partition coefficient (Wildman–Crippen LogP) is 4.45. The molecule has 0 radical (unpaired) electrons. The van der Waals surface area contributed by atoms with Crippen LogP contribution < -0.4 is 14.4 Å². The largest absolute Gasteiger partial charge is 0.497 e. The molecule has 0 aliphatic carbocycles. The fourth-order valence-corrected chi connectivity index (χ4v) is 5.51. The zero-order valence-electron chi connectivity index (χ0n) is 23.2. The summed E-state index contributed by atoms with van der Waals surface area (Å²) in [5.41, 5.74) is 3.08. The van der Waals surface area contributed by atoms with Crippen LogP contribution >= 0.6 is 0 Å². The van der Waals surface area contributed by atoms with Gasteiger partial charge in [0, 0.05) is 13.1 Å². The summed E-state index contributed by atoms with van der Waals surface area (Å²) in [6.07, 6.45) is 0.754. The number of rotatable bonds is 12. The summed E-state index contributed by atoms with van der Waals surface area (Å²) < 4.78 is 34.0. The highest BCUT2D eigenvalue weighted by atomic mass is 32.2. The summed E-state index contributed by atoms with van der Waals surface area (Å²) in [7, 11) is -2.59. The van der Waals surface area contributed by atoms with Gasteiger partial charge in [-0.2, -0.15) is 0 Å². The summed E-state index contributed by atoms with van der Waals surface area (Å²) in [5.74, 6) is -0.238. The van der Waals surface area contributed by atoms with Crippen molar-refractivity contribution < 1.29 is 22.7 Å². The molecule has 3 aromatic carbocycles. The molecule has 0 aliphatic rings. The van der Waals surface area contributed by atoms with Gasteiger partial charge in [-0.05, 0) is 69.2 Å². The van der Waals surface area contributed by atoms with Gasteiger partial charge in [0.05, 0.1) is 17.7 Å². The minimum absolute atomic E-state index is 0.0655. The van der Waals surface area contributed by atoms with Gasteiger partial charge in [-0.3, -0.25) is 13.9 Å². The maximum atomic E-state index is 13.9. The molecule has 0 fully saturated rings. The van der Waals surface area contributed by atoms with E-state index in [1.807, 2.05) is 45.0 Å². The number of carbonyl (C=O) groups excluding carboxylic acids is 2. The van der Waals surface area contributed by atoms with Crippen molar-refractivity contribution in [1.29, 1.82) is 0 Å². The van der Waals surface area contributed by atoms with E-state index in [1.165, 1.54) is 24.1 Å². The van der Waals surface area contributed by atoms with E-state index in [1.54, 1.807) is 43.3 Å². The first-order valence-electron chi connectivity index (χ1n) is 12.9. The number of benzene rings is 3. The van der Waals surface area contributed by atoms with Gasteiger partial charge >= 0.3 is 0 Å². The first-order chi connectivity index (χ1) is 18.6. The quantitative estimate of drug-likeness (QED) is 0.359. The Balaban J connectivity index is 2.02. The van der Waals surface area contributed by atoms with Crippen molar-refractivity contribution in [3.63, 3.8) is 0 Å². The van der Waals surface area contributed by atoms with E-state index in [9.17, 15) is 18.0 Å². The standard InChI is InChI=1S/C30H37N3O5S/c1-6-18-31-30(35)24(4)32(20-25-9-7-8-23(3)19-25)29(34)21-33(26-12-14-27(38-5)15-13-26)39(36,37)28-16-10-22(2)11-17-28/h7-17,19,24H,6,18,20-21H2,1-5H3,(H,31,35)/t24-/m1/s1. The summed E-state index contributed by atoms with van der Waals surface area (Å²) >= 11 is 0. The molecule has 0 heterocycles. The number of hydrogen-bond donors (Lipinski definition) is 1. The third-order valence-corrected chi connectivity index (χ3v) is 8.19. The van der Waals surface area contributed by atoms with Crippen LogP contribution in [-0.2, 0) is 26.2 Å². The number of sulfonamides is 1. The van der Waals surface area contributed by atoms with Crippen LogP contribution in [0.5, 0.6) is 5.75 Å². The van der Waals surface area contributed by atoms with Crippen LogP contribution in [0.25, 0.3) is 0 Å². The van der Waals surface area contributed by atoms with Gasteiger partial charge in [0.2, 0.25) is 11.8 Å². The van der Waals surface area contributed by atoms with Crippen LogP contribution in [0, 0.1) is 13.8 Å². The Bertz CT molecular complexity index is 1370. The fourth-order valence-electron chi connectivity index (χ4n) is 4.10. The maximum Gasteiger partial charge on any atom is 0.264 e. The lowest BCUT2D eigenvalue weighted by molar-refractivity contribution is -0.139. The maximum absolute atomic E-state index is 13.9. The molecule has 0 saturated carbocycles. The van der Waals surface area contributed by atoms with E-state index in [-0.39, 0.29) is 17.3 Å². The Labute approximate surface area is 231 Å². The summed E-state index contributed by atoms with van der Waals surface area (Å²) in [6.45, 7) is 7.58. The predicted molar refractivity (Wildman–Crippen MR) is 153 cm³/mol. The van der Waals surface area contributed by atoms with Gasteiger partial charge in [-0.25, -0.2) is 8.42 Å². The molecular weight excluding hydrogens is 514 g/mol. The summed E-state index contributed by atoms with van der Waals surface area (Å²) in [5, 5.41) is 2.85. The van der Waals surface area contributed by atoms with Crippen LogP contribution in [0.3, 0.4) is 0 Å². The summed E-state index contributed by atoms with van der Waals surface area (Å²) in [4.78, 5) is 28.3. The van der Waals surface area contributed by atoms with Crippen LogP contribution in [0.15, 0.2) is 77.7 Å². The Morgan fingerprint density at radius 2 is 1.62 bits per heavy atom. The van der Waals surface area contributed by atoms with Crippen molar-refractivity contribution in [2.75, 3.05) is 24.5 Å². The topological polar surface area (TPSA) is 96.0 Å². The molecule has 0 spiro atoms. The van der Waals surface area contributed by atoms with Crippen molar-refractivity contribution in [1.82, 2.24) is 10.2 Å². The van der Waals surface area contributed by atoms with Gasteiger partial charge in [0.25, 0.3) is 10.0 Å². The Morgan fingerprint density at radius 1 is 0.949 bits per heavy atom. The number of hydrogen-bond acceptors (Lipinski definition) is 5. The molecule has 9 heteroatoms. The highest BCUT2D eigenvalue weighted by molar-refractivity contribution is 7.92. The lowest BCUT2D eigenvalue weighted by atomic mass is 10.1. The van der Waals surface area contributed by atoms with Gasteiger partial charge < -0.3 is 15.0 Å². The molecule has 39 heavy (non-hydrogen) atoms. The third-order valence-electron chi connectivity index (χ3n) is 6.40. The molecule has 8 nitrogen and oxygen atoms in total. The molecule has 3 aromatic rings. The highest BCUT2D eigenvalue weighted by Crippen LogP contribution is 2.27. The number of aryl methyl sites for hydroxylation is 2. The van der Waals surface area contributed by atoms with Crippen LogP contribution in [-0.4, -0.2) is 51.4 Å². The van der Waals surface area contributed by atoms with E-state index in [4.69, 9.17) is 4.74 Å². The molecule has 0 unspecified atom stereocenters. The first kappa shape index (κ1) is 29.7. The number of nitrogens with one attached hydrogen (secondary N) is 1. The zero-order valence-corrected chi connectivity index (χ0v) is 24.0. The molecule has 1 N–H and O–H groups in total. The number of nitrogens with zero attached hydrogens (tertiary/aromatic N) is 2. The molecular formula is C30H37N3O5S. The molecule has 0 aromatic heterocycles. The third kappa shape index (κ3) is 7.60. The number of ether oxygens (including phenoxy) is 1. The molecule has 0 bridgehead atoms. The van der Waals surface area contributed by atoms with E-state index < -0.39 is 28.5 Å². The first-order valence-corrected chi connectivity index (χ1v) is 14.4. The lowest BCUT2D eigenvalue weighted by Crippen LogP contribution is -2.51. The molecule has 0 saturated heterocycles. The van der Waals surface area contributed by atoms with Gasteiger partial charge in [0.1, 0.15) is 18.3 Å². The molecule has 208 valence electrons. The number of amides is 2. The van der Waals surface area contributed by atoms with Crippen molar-refractivity contribution in [3.05, 3.63) is 89.5 Å². The Kier molecular flexibility index (Phi) is 10.1. The van der Waals surface area contributed by atoms with E-state index in [0.29, 0.717) is 18.0 Å². The second-order valence-corrected chi connectivity index (χ2v) is 11.4. The Morgan fingerprint density at radius 3 is 2.21 bits per heavy atom. The Hall–Kier alpha value is -3.85. The average Bonchev–Trinajstić information content (AvgIpc) is 2.93. The minimum atomic E-state index is -4.11. The second kappa shape index (κ2) is 13.3. The van der Waals surface area contributed by atoms with E-state index in [0.717, 1.165) is 27.4 Å². The van der Waals surface area contributed by atoms with Crippen LogP contribution in [0.4, 0.5) is 5.69 Å². The normalized spacial score (nSPS) is 11.9. The molecule has 2 amide bonds. The molecule has 1 atom stereocenters. The molecule has 0 aliphatic heterocycles. The van der Waals surface area contributed by atoms with Gasteiger partial charge in [-0.15, -0.1) is 0 Å². The van der Waals surface area contributed by atoms with E-state index >= 15 is 0 Å². The summed E-state index contributed by atoms with van der Waals surface area (Å²) in [6, 6.07) is 19.8. The van der Waals surface area contributed by atoms with Crippen molar-refractivity contribution in [3.8, 4) is 5.75 Å². The SMILES string of the molecule is CCCNC(=O)[C@@H](C)N(Cc1cccc(C)c1)C(=O)CN(c1ccc(OC)cc1)S(=O)(=O)c1ccc(C)cc1. The molecule has 3 rings (SSSR count). The van der Waals surface area contributed by atoms with Crippen LogP contribution in [0.2, 0.25) is 0 Å². The zero-order chi connectivity index (χ0) is 28.6. The monoisotopic (exact) mass is 551 g/mol. The fraction of sp³-hybridized carbons (Fsp3) is 0.333. The van der Waals surface area contributed by atoms with Crippen molar-refractivity contribution >= 4 is 27.5 Å². The second-order valence-electron chi connectivity index (χ2n) is 9.50. The minimum Gasteiger partial charge on any atom is -0.497 e. The lowest BCUT2D eigenvalue weighted by Gasteiger charge is -2.32. The van der Waals surface area contributed by atoms with Crippen molar-refractivity contribution in [2.24, 2.45) is 0 Å².